The van der Waals surface area contributed by atoms with Gasteiger partial charge in [-0.15, -0.1) is 0 Å². The number of rotatable bonds is 8. The summed E-state index contributed by atoms with van der Waals surface area (Å²) in [6.45, 7) is 2.14. The second-order valence-electron chi connectivity index (χ2n) is 8.67. The quantitative estimate of drug-likeness (QED) is 0.270. The zero-order chi connectivity index (χ0) is 25.9. The van der Waals surface area contributed by atoms with Gasteiger partial charge in [0.25, 0.3) is 17.7 Å². The number of anilines is 2. The number of fused-ring (bicyclic) bond motifs is 2. The number of benzene rings is 3. The van der Waals surface area contributed by atoms with Gasteiger partial charge in [0.2, 0.25) is 0 Å². The lowest BCUT2D eigenvalue weighted by Gasteiger charge is -2.15. The first kappa shape index (κ1) is 24.0. The fourth-order valence-corrected chi connectivity index (χ4v) is 4.58. The van der Waals surface area contributed by atoms with Crippen LogP contribution in [0.25, 0.3) is 11.3 Å². The van der Waals surface area contributed by atoms with Crippen molar-refractivity contribution in [2.45, 2.75) is 19.8 Å². The van der Waals surface area contributed by atoms with Gasteiger partial charge < -0.3 is 15.4 Å². The normalized spacial score (nSPS) is 15.3. The van der Waals surface area contributed by atoms with Crippen molar-refractivity contribution in [3.63, 3.8) is 0 Å². The number of para-hydroxylation sites is 1. The van der Waals surface area contributed by atoms with Crippen LogP contribution in [0.2, 0.25) is 0 Å². The smallest absolute Gasteiger partial charge is 0.305 e. The average molecular weight is 496 g/mol. The molecule has 0 fully saturated rings. The highest BCUT2D eigenvalue weighted by Crippen LogP contribution is 2.37. The number of nitrogens with zero attached hydrogens (tertiary/aromatic N) is 1. The second kappa shape index (κ2) is 10.1. The van der Waals surface area contributed by atoms with Gasteiger partial charge >= 0.3 is 5.97 Å². The van der Waals surface area contributed by atoms with Crippen molar-refractivity contribution in [1.29, 1.82) is 0 Å². The van der Waals surface area contributed by atoms with E-state index in [1.165, 1.54) is 0 Å². The van der Waals surface area contributed by atoms with E-state index in [1.807, 2.05) is 54.6 Å². The molecule has 0 radical (unpaired) electrons. The Morgan fingerprint density at radius 2 is 1.62 bits per heavy atom. The fourth-order valence-electron chi connectivity index (χ4n) is 4.58. The van der Waals surface area contributed by atoms with E-state index in [-0.39, 0.29) is 42.9 Å². The van der Waals surface area contributed by atoms with Crippen LogP contribution in [0.1, 0.15) is 51.6 Å². The maximum Gasteiger partial charge on any atom is 0.305 e. The predicted molar refractivity (Wildman–Crippen MR) is 140 cm³/mol. The van der Waals surface area contributed by atoms with Crippen molar-refractivity contribution in [2.75, 3.05) is 23.8 Å². The number of amides is 3. The highest BCUT2D eigenvalue weighted by atomic mass is 16.5. The van der Waals surface area contributed by atoms with Crippen LogP contribution in [-0.2, 0) is 14.3 Å². The molecule has 8 nitrogen and oxygen atoms in total. The molecule has 3 amide bonds. The molecule has 0 saturated heterocycles. The van der Waals surface area contributed by atoms with E-state index in [4.69, 9.17) is 4.74 Å². The van der Waals surface area contributed by atoms with Crippen LogP contribution >= 0.6 is 0 Å². The molecule has 0 saturated carbocycles. The molecule has 0 aliphatic carbocycles. The third kappa shape index (κ3) is 4.61. The molecule has 2 N–H and O–H groups in total. The maximum absolute atomic E-state index is 13.1. The summed E-state index contributed by atoms with van der Waals surface area (Å²) in [6, 6.07) is 21.9. The van der Waals surface area contributed by atoms with E-state index < -0.39 is 5.91 Å². The zero-order valence-corrected chi connectivity index (χ0v) is 20.2. The number of hydrogen-bond donors (Lipinski definition) is 2. The largest absolute Gasteiger partial charge is 0.466 e. The van der Waals surface area contributed by atoms with Gasteiger partial charge in [0.15, 0.2) is 0 Å². The van der Waals surface area contributed by atoms with Gasteiger partial charge in [-0.3, -0.25) is 24.1 Å². The molecule has 5 rings (SSSR count). The lowest BCUT2D eigenvalue weighted by molar-refractivity contribution is -0.143. The van der Waals surface area contributed by atoms with Crippen LogP contribution < -0.4 is 10.6 Å². The summed E-state index contributed by atoms with van der Waals surface area (Å²) in [4.78, 5) is 51.7. The van der Waals surface area contributed by atoms with Crippen molar-refractivity contribution in [3.8, 4) is 0 Å². The SMILES string of the molecule is CCOC(=O)CCCN1C(=O)c2ccc(NC(=C3C(=O)Nc4ccccc43)c3ccccc3)cc2C1=O. The molecule has 2 heterocycles. The number of imide groups is 1. The molecule has 0 atom stereocenters. The summed E-state index contributed by atoms with van der Waals surface area (Å²) in [5.74, 6) is -1.39. The molecule has 186 valence electrons. The molecule has 3 aromatic carbocycles. The number of esters is 1. The summed E-state index contributed by atoms with van der Waals surface area (Å²) in [5.41, 5.74) is 4.54. The Morgan fingerprint density at radius 1 is 0.892 bits per heavy atom. The summed E-state index contributed by atoms with van der Waals surface area (Å²) in [6.07, 6.45) is 0.458. The topological polar surface area (TPSA) is 105 Å². The minimum atomic E-state index is -0.412. The molecule has 37 heavy (non-hydrogen) atoms. The molecule has 2 aliphatic heterocycles. The van der Waals surface area contributed by atoms with E-state index in [0.29, 0.717) is 28.9 Å². The highest BCUT2D eigenvalue weighted by Gasteiger charge is 2.35. The summed E-state index contributed by atoms with van der Waals surface area (Å²) >= 11 is 0. The standard InChI is InChI=1S/C29H25N3O5/c1-2-37-24(33)13-8-16-32-28(35)20-15-14-19(17-22(20)29(32)36)30-26(18-9-4-3-5-10-18)25-21-11-6-7-12-23(21)31-27(25)34/h3-7,9-12,14-15,17,30H,2,8,13,16H2,1H3,(H,31,34). The third-order valence-electron chi connectivity index (χ3n) is 6.29. The van der Waals surface area contributed by atoms with Crippen LogP contribution in [0.5, 0.6) is 0 Å². The molecule has 0 bridgehead atoms. The summed E-state index contributed by atoms with van der Waals surface area (Å²) < 4.78 is 4.91. The predicted octanol–water partition coefficient (Wildman–Crippen LogP) is 4.56. The van der Waals surface area contributed by atoms with Crippen molar-refractivity contribution >= 4 is 46.3 Å². The Labute approximate surface area is 213 Å². The van der Waals surface area contributed by atoms with Crippen LogP contribution in [0, 0.1) is 0 Å². The molecule has 3 aromatic rings. The molecule has 0 unspecified atom stereocenters. The summed E-state index contributed by atoms with van der Waals surface area (Å²) in [7, 11) is 0. The van der Waals surface area contributed by atoms with Crippen molar-refractivity contribution in [3.05, 3.63) is 95.1 Å². The Balaban J connectivity index is 1.45. The minimum Gasteiger partial charge on any atom is -0.466 e. The lowest BCUT2D eigenvalue weighted by atomic mass is 9.99. The van der Waals surface area contributed by atoms with Crippen molar-refractivity contribution in [1.82, 2.24) is 4.90 Å². The van der Waals surface area contributed by atoms with E-state index in [2.05, 4.69) is 10.6 Å². The van der Waals surface area contributed by atoms with E-state index in [9.17, 15) is 19.2 Å². The number of nitrogens with one attached hydrogen (secondary N) is 2. The fraction of sp³-hybridized carbons (Fsp3) is 0.172. The minimum absolute atomic E-state index is 0.129. The molecular weight excluding hydrogens is 470 g/mol. The average Bonchev–Trinajstić information content (AvgIpc) is 3.36. The van der Waals surface area contributed by atoms with E-state index >= 15 is 0 Å². The maximum atomic E-state index is 13.1. The van der Waals surface area contributed by atoms with Gasteiger partial charge in [-0.05, 0) is 43.2 Å². The Hall–Kier alpha value is -4.72. The Morgan fingerprint density at radius 3 is 2.41 bits per heavy atom. The van der Waals surface area contributed by atoms with Crippen LogP contribution in [0.3, 0.4) is 0 Å². The van der Waals surface area contributed by atoms with Crippen molar-refractivity contribution < 1.29 is 23.9 Å². The first-order valence-corrected chi connectivity index (χ1v) is 12.1. The number of carbonyl (C=O) groups is 4. The van der Waals surface area contributed by atoms with Crippen LogP contribution in [0.15, 0.2) is 72.8 Å². The first-order chi connectivity index (χ1) is 18.0. The zero-order valence-electron chi connectivity index (χ0n) is 20.2. The second-order valence-corrected chi connectivity index (χ2v) is 8.67. The van der Waals surface area contributed by atoms with Crippen LogP contribution in [-0.4, -0.2) is 41.7 Å². The Kier molecular flexibility index (Phi) is 6.55. The van der Waals surface area contributed by atoms with Gasteiger partial charge in [0.05, 0.1) is 29.0 Å². The first-order valence-electron chi connectivity index (χ1n) is 12.1. The van der Waals surface area contributed by atoms with Gasteiger partial charge in [-0.25, -0.2) is 0 Å². The lowest BCUT2D eigenvalue weighted by Crippen LogP contribution is -2.31. The van der Waals surface area contributed by atoms with E-state index in [1.54, 1.807) is 25.1 Å². The van der Waals surface area contributed by atoms with Crippen LogP contribution in [0.4, 0.5) is 11.4 Å². The number of hydrogen-bond acceptors (Lipinski definition) is 6. The molecule has 8 heteroatoms. The Bertz CT molecular complexity index is 1440. The molecule has 2 aliphatic rings. The van der Waals surface area contributed by atoms with Gasteiger partial charge in [-0.2, -0.15) is 0 Å². The van der Waals surface area contributed by atoms with Gasteiger partial charge in [0.1, 0.15) is 0 Å². The third-order valence-corrected chi connectivity index (χ3v) is 6.29. The molecule has 0 aromatic heterocycles. The molecular formula is C29H25N3O5. The van der Waals surface area contributed by atoms with Gasteiger partial charge in [-0.1, -0.05) is 48.5 Å². The van der Waals surface area contributed by atoms with Crippen molar-refractivity contribution in [2.24, 2.45) is 0 Å². The summed E-state index contributed by atoms with van der Waals surface area (Å²) in [5, 5.41) is 6.24. The monoisotopic (exact) mass is 495 g/mol. The van der Waals surface area contributed by atoms with E-state index in [0.717, 1.165) is 21.7 Å². The van der Waals surface area contributed by atoms with Gasteiger partial charge in [0, 0.05) is 29.9 Å². The number of carbonyl (C=O) groups excluding carboxylic acids is 4. The molecule has 0 spiro atoms. The highest BCUT2D eigenvalue weighted by molar-refractivity contribution is 6.37. The number of ether oxygens (including phenoxy) is 1.